The lowest BCUT2D eigenvalue weighted by Gasteiger charge is -2.35. The van der Waals surface area contributed by atoms with E-state index in [-0.39, 0.29) is 0 Å². The molecule has 1 nitrogen and oxygen atoms in total. The maximum atomic E-state index is 4.37. The van der Waals surface area contributed by atoms with Gasteiger partial charge in [0.25, 0.3) is 0 Å². The highest BCUT2D eigenvalue weighted by Crippen LogP contribution is 2.35. The Kier molecular flexibility index (Phi) is 6.97. The monoisotopic (exact) mass is 261 g/mol. The molecule has 0 bridgehead atoms. The second kappa shape index (κ2) is 8.24. The number of rotatable bonds is 1. The van der Waals surface area contributed by atoms with E-state index in [0.717, 1.165) is 18.9 Å². The molecule has 1 heteroatoms. The van der Waals surface area contributed by atoms with Crippen molar-refractivity contribution in [3.05, 3.63) is 36.6 Å². The zero-order chi connectivity index (χ0) is 14.3. The maximum absolute atomic E-state index is 4.37. The van der Waals surface area contributed by atoms with E-state index in [1.54, 1.807) is 0 Å². The Morgan fingerprint density at radius 2 is 1.68 bits per heavy atom. The average Bonchev–Trinajstić information content (AvgIpc) is 3.23. The molecular formula is C18H31N. The molecule has 108 valence electrons. The van der Waals surface area contributed by atoms with E-state index in [1.165, 1.54) is 25.0 Å². The van der Waals surface area contributed by atoms with Gasteiger partial charge in [0.05, 0.1) is 0 Å². The van der Waals surface area contributed by atoms with Crippen molar-refractivity contribution in [2.75, 3.05) is 0 Å². The lowest BCUT2D eigenvalue weighted by Crippen LogP contribution is -2.35. The highest BCUT2D eigenvalue weighted by Gasteiger charge is 2.33. The average molecular weight is 261 g/mol. The summed E-state index contributed by atoms with van der Waals surface area (Å²) in [4.78, 5) is 2.60. The molecule has 0 spiro atoms. The summed E-state index contributed by atoms with van der Waals surface area (Å²) in [6.07, 6.45) is 15.2. The lowest BCUT2D eigenvalue weighted by atomic mass is 9.99. The minimum Gasteiger partial charge on any atom is -0.369 e. The van der Waals surface area contributed by atoms with Crippen molar-refractivity contribution < 1.29 is 0 Å². The minimum absolute atomic E-state index is 0.597. The van der Waals surface area contributed by atoms with E-state index in [1.807, 2.05) is 13.8 Å². The maximum Gasteiger partial charge on any atom is 0.0296 e. The molecule has 2 unspecified atom stereocenters. The largest absolute Gasteiger partial charge is 0.369 e. The van der Waals surface area contributed by atoms with Crippen LogP contribution in [0, 0.1) is 5.92 Å². The van der Waals surface area contributed by atoms with Gasteiger partial charge in [-0.1, -0.05) is 51.7 Å². The molecule has 0 radical (unpaired) electrons. The van der Waals surface area contributed by atoms with Crippen LogP contribution in [0.25, 0.3) is 0 Å². The van der Waals surface area contributed by atoms with Crippen LogP contribution in [0.3, 0.4) is 0 Å². The van der Waals surface area contributed by atoms with Gasteiger partial charge < -0.3 is 4.90 Å². The second-order valence-electron chi connectivity index (χ2n) is 5.55. The van der Waals surface area contributed by atoms with Gasteiger partial charge >= 0.3 is 0 Å². The number of hydrogen-bond donors (Lipinski definition) is 0. The van der Waals surface area contributed by atoms with Crippen molar-refractivity contribution in [3.8, 4) is 0 Å². The molecule has 1 fully saturated rings. The summed E-state index contributed by atoms with van der Waals surface area (Å²) in [6, 6.07) is 1.38. The first kappa shape index (κ1) is 16.1. The number of nitrogens with zero attached hydrogens (tertiary/aromatic N) is 1. The first-order valence-electron chi connectivity index (χ1n) is 7.99. The van der Waals surface area contributed by atoms with Crippen LogP contribution in [0.2, 0.25) is 0 Å². The van der Waals surface area contributed by atoms with Gasteiger partial charge in [0.1, 0.15) is 0 Å². The zero-order valence-corrected chi connectivity index (χ0v) is 13.2. The Balaban J connectivity index is 0.000000861. The summed E-state index contributed by atoms with van der Waals surface area (Å²) in [5.74, 6) is 0.612. The van der Waals surface area contributed by atoms with E-state index >= 15 is 0 Å². The third-order valence-electron chi connectivity index (χ3n) is 3.94. The first-order chi connectivity index (χ1) is 9.20. The highest BCUT2D eigenvalue weighted by molar-refractivity contribution is 5.10. The van der Waals surface area contributed by atoms with Crippen molar-refractivity contribution in [3.63, 3.8) is 0 Å². The number of hydrogen-bond acceptors (Lipinski definition) is 1. The zero-order valence-electron chi connectivity index (χ0n) is 13.2. The van der Waals surface area contributed by atoms with Gasteiger partial charge in [-0.2, -0.15) is 0 Å². The van der Waals surface area contributed by atoms with E-state index < -0.39 is 0 Å². The summed E-state index contributed by atoms with van der Waals surface area (Å²) in [6.45, 7) is 13.0. The molecule has 0 aromatic rings. The van der Waals surface area contributed by atoms with Gasteiger partial charge in [0, 0.05) is 17.8 Å². The topological polar surface area (TPSA) is 3.24 Å². The summed E-state index contributed by atoms with van der Waals surface area (Å²) >= 11 is 0. The van der Waals surface area contributed by atoms with Gasteiger partial charge in [-0.25, -0.2) is 0 Å². The van der Waals surface area contributed by atoms with Crippen LogP contribution in [-0.2, 0) is 0 Å². The predicted molar refractivity (Wildman–Crippen MR) is 86.1 cm³/mol. The standard InChI is InChI=1S/C16H25N.C2H6/c1-13-9-7-5-4-6-8-10-14(2)17(15(13)3)16-11-12-16;1-2/h4-6,8,13-14,16H,3,7,9-12H2,1-2H3;1-2H3/b5-4-,8-6-;. The van der Waals surface area contributed by atoms with Crippen molar-refractivity contribution in [1.82, 2.24) is 4.90 Å². The van der Waals surface area contributed by atoms with E-state index in [2.05, 4.69) is 49.6 Å². The predicted octanol–water partition coefficient (Wildman–Crippen LogP) is 5.31. The van der Waals surface area contributed by atoms with E-state index in [0.29, 0.717) is 12.0 Å². The van der Waals surface area contributed by atoms with E-state index in [4.69, 9.17) is 0 Å². The van der Waals surface area contributed by atoms with Gasteiger partial charge in [0.15, 0.2) is 0 Å². The first-order valence-corrected chi connectivity index (χ1v) is 7.99. The molecule has 0 amide bonds. The Morgan fingerprint density at radius 3 is 2.32 bits per heavy atom. The fourth-order valence-electron chi connectivity index (χ4n) is 2.64. The molecule has 1 aliphatic heterocycles. The van der Waals surface area contributed by atoms with Crippen molar-refractivity contribution in [2.24, 2.45) is 5.92 Å². The van der Waals surface area contributed by atoms with E-state index in [9.17, 15) is 0 Å². The fourth-order valence-corrected chi connectivity index (χ4v) is 2.64. The molecule has 1 heterocycles. The molecule has 1 aliphatic carbocycles. The van der Waals surface area contributed by atoms with Gasteiger partial charge in [-0.3, -0.25) is 0 Å². The third kappa shape index (κ3) is 4.89. The van der Waals surface area contributed by atoms with Crippen molar-refractivity contribution in [2.45, 2.75) is 71.9 Å². The number of allylic oxidation sites excluding steroid dienone is 4. The van der Waals surface area contributed by atoms with Crippen LogP contribution >= 0.6 is 0 Å². The fraction of sp³-hybridized carbons (Fsp3) is 0.667. The van der Waals surface area contributed by atoms with Gasteiger partial charge in [0.2, 0.25) is 0 Å². The second-order valence-corrected chi connectivity index (χ2v) is 5.55. The Labute approximate surface area is 120 Å². The molecular weight excluding hydrogens is 230 g/mol. The molecule has 19 heavy (non-hydrogen) atoms. The molecule has 2 atom stereocenters. The quantitative estimate of drug-likeness (QED) is 0.618. The molecule has 2 aliphatic rings. The van der Waals surface area contributed by atoms with Crippen molar-refractivity contribution in [1.29, 1.82) is 0 Å². The highest BCUT2D eigenvalue weighted by atomic mass is 15.2. The molecule has 0 N–H and O–H groups in total. The smallest absolute Gasteiger partial charge is 0.0296 e. The van der Waals surface area contributed by atoms with Gasteiger partial charge in [-0.05, 0) is 44.9 Å². The molecule has 2 rings (SSSR count). The van der Waals surface area contributed by atoms with Crippen molar-refractivity contribution >= 4 is 0 Å². The Morgan fingerprint density at radius 1 is 1.05 bits per heavy atom. The summed E-state index contributed by atoms with van der Waals surface area (Å²) in [5.41, 5.74) is 1.36. The van der Waals surface area contributed by atoms with Crippen LogP contribution in [0.4, 0.5) is 0 Å². The van der Waals surface area contributed by atoms with Crippen LogP contribution in [0.1, 0.15) is 59.8 Å². The lowest BCUT2D eigenvalue weighted by molar-refractivity contribution is 0.231. The molecule has 0 aromatic heterocycles. The Bertz CT molecular complexity index is 323. The molecule has 1 saturated carbocycles. The summed E-state index contributed by atoms with van der Waals surface area (Å²) < 4.78 is 0. The van der Waals surface area contributed by atoms with Crippen LogP contribution < -0.4 is 0 Å². The summed E-state index contributed by atoms with van der Waals surface area (Å²) in [5, 5.41) is 0. The van der Waals surface area contributed by atoms with Crippen LogP contribution in [-0.4, -0.2) is 17.0 Å². The summed E-state index contributed by atoms with van der Waals surface area (Å²) in [7, 11) is 0. The third-order valence-corrected chi connectivity index (χ3v) is 3.94. The van der Waals surface area contributed by atoms with Crippen LogP contribution in [0.5, 0.6) is 0 Å². The Hall–Kier alpha value is -0.980. The normalized spacial score (nSPS) is 31.8. The molecule has 0 saturated heterocycles. The SMILES string of the molecule is C=C1C(C)CC/C=C\C=C/CC(C)N1C1CC1.CC. The van der Waals surface area contributed by atoms with Crippen LogP contribution in [0.15, 0.2) is 36.6 Å². The van der Waals surface area contributed by atoms with Gasteiger partial charge in [-0.15, -0.1) is 0 Å². The molecule has 0 aromatic carbocycles. The minimum atomic E-state index is 0.597.